The quantitative estimate of drug-likeness (QED) is 0.917. The number of nitrogens with one attached hydrogen (secondary N) is 1. The molecule has 1 fully saturated rings. The van der Waals surface area contributed by atoms with Crippen LogP contribution in [0.5, 0.6) is 0 Å². The maximum atomic E-state index is 4.64. The molecule has 1 saturated heterocycles. The number of aryl methyl sites for hydroxylation is 1. The lowest BCUT2D eigenvalue weighted by atomic mass is 10.2. The van der Waals surface area contributed by atoms with E-state index in [2.05, 4.69) is 38.4 Å². The predicted molar refractivity (Wildman–Crippen MR) is 86.9 cm³/mol. The van der Waals surface area contributed by atoms with Gasteiger partial charge in [0.15, 0.2) is 0 Å². The van der Waals surface area contributed by atoms with Crippen molar-refractivity contribution in [1.29, 1.82) is 0 Å². The molecule has 2 aliphatic rings. The monoisotopic (exact) mass is 298 g/mol. The van der Waals surface area contributed by atoms with E-state index in [1.165, 1.54) is 23.3 Å². The molecule has 0 amide bonds. The molecule has 1 unspecified atom stereocenters. The molecule has 21 heavy (non-hydrogen) atoms. The summed E-state index contributed by atoms with van der Waals surface area (Å²) < 4.78 is 0. The molecule has 1 N–H and O–H groups in total. The molecule has 0 spiro atoms. The number of thioether (sulfide) groups is 1. The zero-order valence-electron chi connectivity index (χ0n) is 12.0. The number of aromatic nitrogens is 2. The van der Waals surface area contributed by atoms with Crippen LogP contribution in [0.25, 0.3) is 0 Å². The second-order valence-electron chi connectivity index (χ2n) is 5.61. The summed E-state index contributed by atoms with van der Waals surface area (Å²) >= 11 is 1.84. The Bertz CT molecular complexity index is 650. The molecule has 0 aliphatic carbocycles. The highest BCUT2D eigenvalue weighted by atomic mass is 32.2. The molecule has 2 aromatic heterocycles. The normalized spacial score (nSPS) is 20.4. The fourth-order valence-corrected chi connectivity index (χ4v) is 4.07. The fraction of sp³-hybridized carbons (Fsp3) is 0.375. The molecular formula is C16H18N4S. The van der Waals surface area contributed by atoms with Crippen molar-refractivity contribution in [2.24, 2.45) is 0 Å². The SMILES string of the molecule is Cc1cc2c(cn1)NC(c1ccc(N3CCCC3)nc1)S2. The summed E-state index contributed by atoms with van der Waals surface area (Å²) in [5, 5.41) is 3.75. The zero-order valence-corrected chi connectivity index (χ0v) is 12.9. The van der Waals surface area contributed by atoms with Gasteiger partial charge in [0, 0.05) is 35.4 Å². The molecule has 5 heteroatoms. The van der Waals surface area contributed by atoms with Gasteiger partial charge in [-0.1, -0.05) is 17.8 Å². The minimum absolute atomic E-state index is 0.240. The molecule has 1 atom stereocenters. The first-order valence-corrected chi connectivity index (χ1v) is 8.28. The molecule has 4 nitrogen and oxygen atoms in total. The van der Waals surface area contributed by atoms with Crippen LogP contribution >= 0.6 is 11.8 Å². The highest BCUT2D eigenvalue weighted by Gasteiger charge is 2.24. The average molecular weight is 298 g/mol. The molecule has 4 heterocycles. The van der Waals surface area contributed by atoms with Gasteiger partial charge in [0.25, 0.3) is 0 Å². The van der Waals surface area contributed by atoms with E-state index in [4.69, 9.17) is 0 Å². The number of hydrogen-bond donors (Lipinski definition) is 1. The van der Waals surface area contributed by atoms with Crippen molar-refractivity contribution in [3.8, 4) is 0 Å². The second kappa shape index (κ2) is 5.22. The van der Waals surface area contributed by atoms with Crippen molar-refractivity contribution in [2.75, 3.05) is 23.3 Å². The van der Waals surface area contributed by atoms with Crippen LogP contribution in [0.4, 0.5) is 11.5 Å². The Morgan fingerprint density at radius 1 is 1.19 bits per heavy atom. The van der Waals surface area contributed by atoms with Gasteiger partial charge in [0.05, 0.1) is 11.9 Å². The van der Waals surface area contributed by atoms with E-state index < -0.39 is 0 Å². The lowest BCUT2D eigenvalue weighted by molar-refractivity contribution is 0.931. The van der Waals surface area contributed by atoms with Gasteiger partial charge in [-0.25, -0.2) is 4.98 Å². The molecule has 0 aromatic carbocycles. The minimum Gasteiger partial charge on any atom is -0.367 e. The maximum Gasteiger partial charge on any atom is 0.128 e. The lowest BCUT2D eigenvalue weighted by Gasteiger charge is -2.17. The molecule has 2 aliphatic heterocycles. The van der Waals surface area contributed by atoms with Gasteiger partial charge in [-0.15, -0.1) is 0 Å². The van der Waals surface area contributed by atoms with Crippen molar-refractivity contribution in [2.45, 2.75) is 30.0 Å². The number of fused-ring (bicyclic) bond motifs is 1. The maximum absolute atomic E-state index is 4.64. The van der Waals surface area contributed by atoms with Gasteiger partial charge >= 0.3 is 0 Å². The third-order valence-corrected chi connectivity index (χ3v) is 5.26. The summed E-state index contributed by atoms with van der Waals surface area (Å²) in [5.41, 5.74) is 3.40. The highest BCUT2D eigenvalue weighted by Crippen LogP contribution is 2.46. The zero-order chi connectivity index (χ0) is 14.2. The molecule has 0 radical (unpaired) electrons. The molecule has 0 bridgehead atoms. The fourth-order valence-electron chi connectivity index (χ4n) is 2.88. The van der Waals surface area contributed by atoms with Crippen LogP contribution in [-0.4, -0.2) is 23.1 Å². The molecular weight excluding hydrogens is 280 g/mol. The van der Waals surface area contributed by atoms with Crippen molar-refractivity contribution < 1.29 is 0 Å². The first-order valence-electron chi connectivity index (χ1n) is 7.40. The van der Waals surface area contributed by atoms with E-state index in [-0.39, 0.29) is 5.37 Å². The average Bonchev–Trinajstić information content (AvgIpc) is 3.16. The van der Waals surface area contributed by atoms with Crippen LogP contribution in [-0.2, 0) is 0 Å². The Hall–Kier alpha value is -1.75. The minimum atomic E-state index is 0.240. The Balaban J connectivity index is 1.53. The van der Waals surface area contributed by atoms with Crippen molar-refractivity contribution in [3.63, 3.8) is 0 Å². The molecule has 4 rings (SSSR count). The Labute approximate surface area is 129 Å². The number of anilines is 2. The summed E-state index contributed by atoms with van der Waals surface area (Å²) in [6.07, 6.45) is 6.49. The van der Waals surface area contributed by atoms with Crippen LogP contribution in [0.3, 0.4) is 0 Å². The summed E-state index contributed by atoms with van der Waals surface area (Å²) in [7, 11) is 0. The largest absolute Gasteiger partial charge is 0.367 e. The first-order chi connectivity index (χ1) is 10.3. The number of pyridine rings is 2. The summed E-state index contributed by atoms with van der Waals surface area (Å²) in [4.78, 5) is 12.6. The van der Waals surface area contributed by atoms with Crippen LogP contribution in [0.15, 0.2) is 35.5 Å². The van der Waals surface area contributed by atoms with Crippen LogP contribution in [0.2, 0.25) is 0 Å². The third-order valence-electron chi connectivity index (χ3n) is 4.04. The molecule has 108 valence electrons. The van der Waals surface area contributed by atoms with Gasteiger partial charge in [0.2, 0.25) is 0 Å². The van der Waals surface area contributed by atoms with Crippen LogP contribution in [0, 0.1) is 6.92 Å². The number of nitrogens with zero attached hydrogens (tertiary/aromatic N) is 3. The van der Waals surface area contributed by atoms with Gasteiger partial charge in [-0.3, -0.25) is 4.98 Å². The smallest absolute Gasteiger partial charge is 0.128 e. The van der Waals surface area contributed by atoms with Crippen LogP contribution < -0.4 is 10.2 Å². The van der Waals surface area contributed by atoms with Gasteiger partial charge in [0.1, 0.15) is 11.2 Å². The van der Waals surface area contributed by atoms with E-state index in [1.54, 1.807) is 0 Å². The first kappa shape index (κ1) is 13.0. The topological polar surface area (TPSA) is 41.1 Å². The molecule has 2 aromatic rings. The van der Waals surface area contributed by atoms with E-state index in [1.807, 2.05) is 31.1 Å². The lowest BCUT2D eigenvalue weighted by Crippen LogP contribution is -2.18. The Morgan fingerprint density at radius 2 is 2.05 bits per heavy atom. The van der Waals surface area contributed by atoms with Crippen molar-refractivity contribution in [3.05, 3.63) is 41.9 Å². The number of hydrogen-bond acceptors (Lipinski definition) is 5. The van der Waals surface area contributed by atoms with Gasteiger partial charge in [-0.2, -0.15) is 0 Å². The molecule has 0 saturated carbocycles. The highest BCUT2D eigenvalue weighted by molar-refractivity contribution is 8.00. The van der Waals surface area contributed by atoms with Crippen molar-refractivity contribution in [1.82, 2.24) is 9.97 Å². The van der Waals surface area contributed by atoms with E-state index in [0.717, 1.165) is 30.3 Å². The van der Waals surface area contributed by atoms with Gasteiger partial charge in [-0.05, 0) is 31.9 Å². The Kier molecular flexibility index (Phi) is 3.22. The van der Waals surface area contributed by atoms with Crippen LogP contribution in [0.1, 0.15) is 29.5 Å². The van der Waals surface area contributed by atoms with E-state index >= 15 is 0 Å². The van der Waals surface area contributed by atoms with E-state index in [0.29, 0.717) is 0 Å². The predicted octanol–water partition coefficient (Wildman–Crippen LogP) is 3.60. The van der Waals surface area contributed by atoms with E-state index in [9.17, 15) is 0 Å². The number of rotatable bonds is 2. The third kappa shape index (κ3) is 2.46. The summed E-state index contributed by atoms with van der Waals surface area (Å²) in [6, 6.07) is 6.48. The summed E-state index contributed by atoms with van der Waals surface area (Å²) in [5.74, 6) is 1.11. The standard InChI is InChI=1S/C16H18N4S/c1-11-8-14-13(10-17-11)19-16(21-14)12-4-5-15(18-9-12)20-6-2-3-7-20/h4-5,8-10,16,19H,2-3,6-7H2,1H3. The van der Waals surface area contributed by atoms with Gasteiger partial charge < -0.3 is 10.2 Å². The second-order valence-corrected chi connectivity index (χ2v) is 6.75. The van der Waals surface area contributed by atoms with Crippen molar-refractivity contribution >= 4 is 23.3 Å². The summed E-state index contributed by atoms with van der Waals surface area (Å²) in [6.45, 7) is 4.30. The Morgan fingerprint density at radius 3 is 2.81 bits per heavy atom.